The fourth-order valence-electron chi connectivity index (χ4n) is 2.86. The second-order valence-electron chi connectivity index (χ2n) is 5.86. The Morgan fingerprint density at radius 1 is 1.15 bits per heavy atom. The molecule has 0 saturated carbocycles. The summed E-state index contributed by atoms with van der Waals surface area (Å²) >= 11 is 0. The molecule has 3 heterocycles. The molecule has 1 aliphatic rings. The highest BCUT2D eigenvalue weighted by Gasteiger charge is 2.35. The highest BCUT2D eigenvalue weighted by atomic mass is 19.1. The van der Waals surface area contributed by atoms with Crippen molar-refractivity contribution < 1.29 is 18.0 Å². The van der Waals surface area contributed by atoms with Crippen LogP contribution in [0.2, 0.25) is 0 Å². The summed E-state index contributed by atoms with van der Waals surface area (Å²) in [5.74, 6) is 0.734. The van der Waals surface area contributed by atoms with E-state index in [9.17, 15) is 9.18 Å². The van der Waals surface area contributed by atoms with Gasteiger partial charge in [-0.2, -0.15) is 5.10 Å². The van der Waals surface area contributed by atoms with Crippen molar-refractivity contribution in [1.29, 1.82) is 0 Å². The van der Waals surface area contributed by atoms with E-state index >= 15 is 0 Å². The van der Waals surface area contributed by atoms with Gasteiger partial charge in [0, 0.05) is 12.1 Å². The van der Waals surface area contributed by atoms with E-state index in [2.05, 4.69) is 10.4 Å². The third-order valence-electron chi connectivity index (χ3n) is 4.13. The summed E-state index contributed by atoms with van der Waals surface area (Å²) in [6.45, 7) is 0.0256. The van der Waals surface area contributed by atoms with Crippen molar-refractivity contribution in [3.63, 3.8) is 0 Å². The number of hydrogen-bond donors (Lipinski definition) is 1. The average molecular weight is 353 g/mol. The van der Waals surface area contributed by atoms with Crippen molar-refractivity contribution in [1.82, 2.24) is 5.01 Å². The minimum Gasteiger partial charge on any atom is -0.467 e. The molecule has 0 fully saturated rings. The van der Waals surface area contributed by atoms with Crippen molar-refractivity contribution in [3.8, 4) is 0 Å². The molecule has 1 aliphatic heterocycles. The molecule has 2 aromatic heterocycles. The zero-order valence-electron chi connectivity index (χ0n) is 13.8. The number of furan rings is 2. The summed E-state index contributed by atoms with van der Waals surface area (Å²) in [6, 6.07) is 12.7. The Labute approximate surface area is 148 Å². The normalized spacial score (nSPS) is 16.6. The number of rotatable bonds is 5. The maximum Gasteiger partial charge on any atom is 0.262 e. The molecule has 1 aromatic carbocycles. The van der Waals surface area contributed by atoms with Crippen LogP contribution in [0.1, 0.15) is 24.0 Å². The van der Waals surface area contributed by atoms with Gasteiger partial charge in [-0.3, -0.25) is 4.79 Å². The molecule has 7 heteroatoms. The first-order valence-corrected chi connectivity index (χ1v) is 8.17. The lowest BCUT2D eigenvalue weighted by Crippen LogP contribution is -2.32. The minimum absolute atomic E-state index is 0.0256. The number of amides is 1. The topological polar surface area (TPSA) is 71.0 Å². The van der Waals surface area contributed by atoms with Gasteiger partial charge in [0.1, 0.15) is 29.1 Å². The summed E-state index contributed by atoms with van der Waals surface area (Å²) in [4.78, 5) is 12.7. The Hall–Kier alpha value is -3.35. The van der Waals surface area contributed by atoms with Gasteiger partial charge in [-0.1, -0.05) is 0 Å². The van der Waals surface area contributed by atoms with Crippen LogP contribution in [-0.4, -0.2) is 23.2 Å². The number of carbonyl (C=O) groups is 1. The van der Waals surface area contributed by atoms with E-state index in [0.717, 1.165) is 0 Å². The van der Waals surface area contributed by atoms with Gasteiger partial charge in [-0.25, -0.2) is 9.40 Å². The van der Waals surface area contributed by atoms with Crippen molar-refractivity contribution in [2.24, 2.45) is 5.10 Å². The van der Waals surface area contributed by atoms with Crippen LogP contribution in [0.5, 0.6) is 0 Å². The zero-order valence-corrected chi connectivity index (χ0v) is 13.8. The molecule has 1 atom stereocenters. The van der Waals surface area contributed by atoms with E-state index < -0.39 is 0 Å². The van der Waals surface area contributed by atoms with Crippen LogP contribution in [-0.2, 0) is 4.79 Å². The minimum atomic E-state index is -0.327. The number of benzene rings is 1. The lowest BCUT2D eigenvalue weighted by molar-refractivity contribution is -0.131. The molecule has 0 bridgehead atoms. The molecule has 26 heavy (non-hydrogen) atoms. The van der Waals surface area contributed by atoms with Crippen LogP contribution in [0.25, 0.3) is 0 Å². The number of anilines is 1. The molecular weight excluding hydrogens is 337 g/mol. The highest BCUT2D eigenvalue weighted by molar-refractivity contribution is 6.01. The quantitative estimate of drug-likeness (QED) is 0.757. The highest BCUT2D eigenvalue weighted by Crippen LogP contribution is 2.33. The molecule has 4 rings (SSSR count). The fourth-order valence-corrected chi connectivity index (χ4v) is 2.86. The number of hydrazone groups is 1. The molecular formula is C19H16FN3O3. The van der Waals surface area contributed by atoms with Crippen LogP contribution in [0, 0.1) is 5.82 Å². The van der Waals surface area contributed by atoms with E-state index in [1.54, 1.807) is 36.8 Å². The summed E-state index contributed by atoms with van der Waals surface area (Å²) < 4.78 is 23.9. The number of hydrogen-bond acceptors (Lipinski definition) is 5. The Balaban J connectivity index is 1.52. The summed E-state index contributed by atoms with van der Waals surface area (Å²) in [7, 11) is 0. The standard InChI is InChI=1S/C19H16FN3O3/c20-13-5-7-14(8-6-13)21-12-19(24)23-16(18-4-2-10-26-18)11-15(22-23)17-3-1-9-25-17/h1-10,16,21H,11-12H2. The fraction of sp³-hybridized carbons (Fsp3) is 0.158. The maximum absolute atomic E-state index is 13.0. The summed E-state index contributed by atoms with van der Waals surface area (Å²) in [5.41, 5.74) is 1.34. The Morgan fingerprint density at radius 3 is 2.62 bits per heavy atom. The first kappa shape index (κ1) is 16.1. The molecule has 0 radical (unpaired) electrons. The second kappa shape index (κ2) is 6.87. The average Bonchev–Trinajstić information content (AvgIpc) is 3.41. The van der Waals surface area contributed by atoms with Crippen LogP contribution >= 0.6 is 0 Å². The molecule has 0 saturated heterocycles. The van der Waals surface area contributed by atoms with Crippen LogP contribution in [0.15, 0.2) is 75.0 Å². The molecule has 0 spiro atoms. The van der Waals surface area contributed by atoms with E-state index in [1.165, 1.54) is 17.1 Å². The van der Waals surface area contributed by atoms with Gasteiger partial charge in [-0.05, 0) is 48.5 Å². The van der Waals surface area contributed by atoms with Crippen molar-refractivity contribution in [2.75, 3.05) is 11.9 Å². The Kier molecular flexibility index (Phi) is 4.27. The van der Waals surface area contributed by atoms with Gasteiger partial charge < -0.3 is 14.2 Å². The lowest BCUT2D eigenvalue weighted by Gasteiger charge is -2.20. The monoisotopic (exact) mass is 353 g/mol. The van der Waals surface area contributed by atoms with E-state index in [4.69, 9.17) is 8.83 Å². The molecule has 0 aliphatic carbocycles. The van der Waals surface area contributed by atoms with E-state index in [-0.39, 0.29) is 24.3 Å². The van der Waals surface area contributed by atoms with Gasteiger partial charge in [-0.15, -0.1) is 0 Å². The predicted octanol–water partition coefficient (Wildman–Crippen LogP) is 3.80. The first-order chi connectivity index (χ1) is 12.7. The van der Waals surface area contributed by atoms with Gasteiger partial charge in [0.2, 0.25) is 0 Å². The van der Waals surface area contributed by atoms with Crippen LogP contribution in [0.4, 0.5) is 10.1 Å². The predicted molar refractivity (Wildman–Crippen MR) is 93.0 cm³/mol. The van der Waals surface area contributed by atoms with Crippen LogP contribution < -0.4 is 5.32 Å². The van der Waals surface area contributed by atoms with Crippen LogP contribution in [0.3, 0.4) is 0 Å². The maximum atomic E-state index is 13.0. The number of nitrogens with zero attached hydrogens (tertiary/aromatic N) is 2. The number of halogens is 1. The molecule has 132 valence electrons. The van der Waals surface area contributed by atoms with Crippen molar-refractivity contribution in [2.45, 2.75) is 12.5 Å². The molecule has 1 unspecified atom stereocenters. The zero-order chi connectivity index (χ0) is 17.9. The SMILES string of the molecule is O=C(CNc1ccc(F)cc1)N1N=C(c2ccco2)CC1c1ccco1. The Bertz CT molecular complexity index is 902. The smallest absolute Gasteiger partial charge is 0.262 e. The van der Waals surface area contributed by atoms with Gasteiger partial charge >= 0.3 is 0 Å². The van der Waals surface area contributed by atoms with Gasteiger partial charge in [0.25, 0.3) is 5.91 Å². The largest absolute Gasteiger partial charge is 0.467 e. The van der Waals surface area contributed by atoms with Crippen molar-refractivity contribution in [3.05, 3.63) is 78.4 Å². The van der Waals surface area contributed by atoms with E-state index in [0.29, 0.717) is 29.3 Å². The third-order valence-corrected chi connectivity index (χ3v) is 4.13. The van der Waals surface area contributed by atoms with E-state index in [1.807, 2.05) is 12.1 Å². The third kappa shape index (κ3) is 3.23. The summed E-state index contributed by atoms with van der Waals surface area (Å²) in [5, 5.41) is 8.83. The van der Waals surface area contributed by atoms with Crippen molar-refractivity contribution >= 4 is 17.3 Å². The molecule has 6 nitrogen and oxygen atoms in total. The Morgan fingerprint density at radius 2 is 1.92 bits per heavy atom. The lowest BCUT2D eigenvalue weighted by atomic mass is 10.1. The van der Waals surface area contributed by atoms with Gasteiger partial charge in [0.05, 0.1) is 19.1 Å². The number of carbonyl (C=O) groups excluding carboxylic acids is 1. The second-order valence-corrected chi connectivity index (χ2v) is 5.86. The first-order valence-electron chi connectivity index (χ1n) is 8.17. The van der Waals surface area contributed by atoms with Gasteiger partial charge in [0.15, 0.2) is 0 Å². The molecule has 1 amide bonds. The summed E-state index contributed by atoms with van der Waals surface area (Å²) in [6.07, 6.45) is 3.64. The molecule has 1 N–H and O–H groups in total. The molecule has 3 aromatic rings. The number of nitrogens with one attached hydrogen (secondary N) is 1.